The van der Waals surface area contributed by atoms with Crippen LogP contribution in [-0.2, 0) is 0 Å². The minimum absolute atomic E-state index is 0.560. The quantitative estimate of drug-likeness (QED) is 0.844. The zero-order valence-corrected chi connectivity index (χ0v) is 11.1. The number of nitrogens with one attached hydrogen (secondary N) is 1. The highest BCUT2D eigenvalue weighted by atomic mass is 35.5. The maximum absolute atomic E-state index is 5.95. The molecule has 2 saturated carbocycles. The molecule has 0 amide bonds. The second-order valence-corrected chi connectivity index (χ2v) is 6.24. The fraction of sp³-hybridized carbons (Fsp3) is 0.600. The summed E-state index contributed by atoms with van der Waals surface area (Å²) in [5.41, 5.74) is 1.41. The highest BCUT2D eigenvalue weighted by Gasteiger charge is 2.36. The summed E-state index contributed by atoms with van der Waals surface area (Å²) in [6.45, 7) is 2.34. The highest BCUT2D eigenvalue weighted by Crippen LogP contribution is 2.42. The zero-order valence-electron chi connectivity index (χ0n) is 10.3. The molecule has 0 saturated heterocycles. The molecule has 1 atom stereocenters. The Labute approximate surface area is 109 Å². The second kappa shape index (κ2) is 4.62. The fourth-order valence-electron chi connectivity index (χ4n) is 2.90. The molecule has 0 bridgehead atoms. The SMILES string of the molecule is CC1CC(NC(c2ccc(Cl)cc2)C2CC2)C1. The molecule has 17 heavy (non-hydrogen) atoms. The van der Waals surface area contributed by atoms with Crippen molar-refractivity contribution in [1.29, 1.82) is 0 Å². The molecule has 1 aromatic rings. The molecule has 2 aliphatic rings. The molecule has 0 radical (unpaired) electrons. The van der Waals surface area contributed by atoms with Gasteiger partial charge in [-0.1, -0.05) is 30.7 Å². The minimum atomic E-state index is 0.560. The molecule has 1 unspecified atom stereocenters. The highest BCUT2D eigenvalue weighted by molar-refractivity contribution is 6.30. The van der Waals surface area contributed by atoms with Crippen LogP contribution >= 0.6 is 11.6 Å². The van der Waals surface area contributed by atoms with Crippen LogP contribution in [0.1, 0.15) is 44.2 Å². The molecule has 0 heterocycles. The van der Waals surface area contributed by atoms with Gasteiger partial charge in [-0.05, 0) is 55.2 Å². The average molecular weight is 250 g/mol. The van der Waals surface area contributed by atoms with Crippen LogP contribution in [0.25, 0.3) is 0 Å². The predicted octanol–water partition coefficient (Wildman–Crippen LogP) is 4.18. The lowest BCUT2D eigenvalue weighted by Crippen LogP contribution is -2.42. The number of rotatable bonds is 4. The summed E-state index contributed by atoms with van der Waals surface area (Å²) in [6, 6.07) is 9.69. The number of hydrogen-bond acceptors (Lipinski definition) is 1. The smallest absolute Gasteiger partial charge is 0.0406 e. The van der Waals surface area contributed by atoms with E-state index in [1.54, 1.807) is 0 Å². The van der Waals surface area contributed by atoms with E-state index in [2.05, 4.69) is 24.4 Å². The Balaban J connectivity index is 1.69. The third-order valence-electron chi connectivity index (χ3n) is 4.11. The van der Waals surface area contributed by atoms with Crippen LogP contribution in [0.5, 0.6) is 0 Å². The van der Waals surface area contributed by atoms with E-state index in [9.17, 15) is 0 Å². The molecule has 2 fully saturated rings. The van der Waals surface area contributed by atoms with Gasteiger partial charge in [0.25, 0.3) is 0 Å². The maximum Gasteiger partial charge on any atom is 0.0406 e. The van der Waals surface area contributed by atoms with Gasteiger partial charge in [0.1, 0.15) is 0 Å². The van der Waals surface area contributed by atoms with Crippen molar-refractivity contribution in [2.75, 3.05) is 0 Å². The molecule has 2 heteroatoms. The van der Waals surface area contributed by atoms with Gasteiger partial charge in [0, 0.05) is 17.1 Å². The Bertz CT molecular complexity index is 376. The van der Waals surface area contributed by atoms with Crippen molar-refractivity contribution < 1.29 is 0 Å². The zero-order chi connectivity index (χ0) is 11.8. The number of halogens is 1. The van der Waals surface area contributed by atoms with Crippen LogP contribution in [0, 0.1) is 11.8 Å². The van der Waals surface area contributed by atoms with Crippen LogP contribution in [0.3, 0.4) is 0 Å². The van der Waals surface area contributed by atoms with Gasteiger partial charge in [0.05, 0.1) is 0 Å². The molecular weight excluding hydrogens is 230 g/mol. The Morgan fingerprint density at radius 1 is 1.18 bits per heavy atom. The van der Waals surface area contributed by atoms with Crippen molar-refractivity contribution in [2.45, 2.75) is 44.7 Å². The van der Waals surface area contributed by atoms with E-state index in [0.29, 0.717) is 6.04 Å². The Kier molecular flexibility index (Phi) is 3.14. The lowest BCUT2D eigenvalue weighted by molar-refractivity contribution is 0.215. The normalized spacial score (nSPS) is 29.8. The molecule has 2 aliphatic carbocycles. The molecule has 3 rings (SSSR count). The summed E-state index contributed by atoms with van der Waals surface area (Å²) in [5, 5.41) is 4.67. The average Bonchev–Trinajstić information content (AvgIpc) is 3.08. The van der Waals surface area contributed by atoms with Crippen LogP contribution in [0.2, 0.25) is 5.02 Å². The van der Waals surface area contributed by atoms with E-state index in [-0.39, 0.29) is 0 Å². The summed E-state index contributed by atoms with van der Waals surface area (Å²) in [4.78, 5) is 0. The fourth-order valence-corrected chi connectivity index (χ4v) is 3.02. The largest absolute Gasteiger partial charge is 0.307 e. The van der Waals surface area contributed by atoms with Gasteiger partial charge in [-0.25, -0.2) is 0 Å². The molecule has 1 aromatic carbocycles. The van der Waals surface area contributed by atoms with Crippen molar-refractivity contribution >= 4 is 11.6 Å². The van der Waals surface area contributed by atoms with Crippen molar-refractivity contribution in [2.24, 2.45) is 11.8 Å². The summed E-state index contributed by atoms with van der Waals surface area (Å²) >= 11 is 5.95. The third-order valence-corrected chi connectivity index (χ3v) is 4.36. The monoisotopic (exact) mass is 249 g/mol. The van der Waals surface area contributed by atoms with Crippen molar-refractivity contribution in [1.82, 2.24) is 5.32 Å². The molecule has 92 valence electrons. The van der Waals surface area contributed by atoms with Gasteiger partial charge in [0.2, 0.25) is 0 Å². The van der Waals surface area contributed by atoms with Gasteiger partial charge in [-0.2, -0.15) is 0 Å². The van der Waals surface area contributed by atoms with Crippen LogP contribution in [-0.4, -0.2) is 6.04 Å². The van der Waals surface area contributed by atoms with Crippen LogP contribution in [0.4, 0.5) is 0 Å². The Morgan fingerprint density at radius 2 is 1.82 bits per heavy atom. The molecule has 0 spiro atoms. The second-order valence-electron chi connectivity index (χ2n) is 5.81. The van der Waals surface area contributed by atoms with Crippen LogP contribution < -0.4 is 5.32 Å². The first-order chi connectivity index (χ1) is 8.22. The Hall–Kier alpha value is -0.530. The lowest BCUT2D eigenvalue weighted by atomic mass is 9.81. The van der Waals surface area contributed by atoms with E-state index in [1.165, 1.54) is 31.2 Å². The topological polar surface area (TPSA) is 12.0 Å². The molecular formula is C15H20ClN. The standard InChI is InChI=1S/C15H20ClN/c1-10-8-14(9-10)17-15(11-2-3-11)12-4-6-13(16)7-5-12/h4-7,10-11,14-15,17H,2-3,8-9H2,1H3. The van der Waals surface area contributed by atoms with Gasteiger partial charge in [-0.3, -0.25) is 0 Å². The van der Waals surface area contributed by atoms with E-state index >= 15 is 0 Å². The Morgan fingerprint density at radius 3 is 2.35 bits per heavy atom. The molecule has 0 aliphatic heterocycles. The van der Waals surface area contributed by atoms with Gasteiger partial charge < -0.3 is 5.32 Å². The van der Waals surface area contributed by atoms with Crippen molar-refractivity contribution in [3.63, 3.8) is 0 Å². The first kappa shape index (κ1) is 11.6. The summed E-state index contributed by atoms with van der Waals surface area (Å²) < 4.78 is 0. The first-order valence-corrected chi connectivity index (χ1v) is 7.11. The molecule has 1 N–H and O–H groups in total. The van der Waals surface area contributed by atoms with Crippen LogP contribution in [0.15, 0.2) is 24.3 Å². The van der Waals surface area contributed by atoms with E-state index in [4.69, 9.17) is 11.6 Å². The third kappa shape index (κ3) is 2.66. The molecule has 1 nitrogen and oxygen atoms in total. The van der Waals surface area contributed by atoms with Gasteiger partial charge in [0.15, 0.2) is 0 Å². The van der Waals surface area contributed by atoms with Gasteiger partial charge in [-0.15, -0.1) is 0 Å². The number of hydrogen-bond donors (Lipinski definition) is 1. The van der Waals surface area contributed by atoms with E-state index in [0.717, 1.165) is 22.9 Å². The lowest BCUT2D eigenvalue weighted by Gasteiger charge is -2.37. The van der Waals surface area contributed by atoms with Crippen molar-refractivity contribution in [3.05, 3.63) is 34.9 Å². The van der Waals surface area contributed by atoms with E-state index in [1.807, 2.05) is 12.1 Å². The molecule has 0 aromatic heterocycles. The first-order valence-electron chi connectivity index (χ1n) is 6.74. The predicted molar refractivity (Wildman–Crippen MR) is 72.2 cm³/mol. The minimum Gasteiger partial charge on any atom is -0.307 e. The maximum atomic E-state index is 5.95. The van der Waals surface area contributed by atoms with Gasteiger partial charge >= 0.3 is 0 Å². The van der Waals surface area contributed by atoms with E-state index < -0.39 is 0 Å². The number of benzene rings is 1. The summed E-state index contributed by atoms with van der Waals surface area (Å²) in [5.74, 6) is 1.77. The summed E-state index contributed by atoms with van der Waals surface area (Å²) in [6.07, 6.45) is 5.44. The summed E-state index contributed by atoms with van der Waals surface area (Å²) in [7, 11) is 0. The van der Waals surface area contributed by atoms with Crippen molar-refractivity contribution in [3.8, 4) is 0 Å².